The Kier molecular flexibility index (Phi) is 5.32. The van der Waals surface area contributed by atoms with E-state index in [1.807, 2.05) is 4.90 Å². The first kappa shape index (κ1) is 20.1. The third-order valence-corrected chi connectivity index (χ3v) is 8.09. The smallest absolute Gasteiger partial charge is 0.287 e. The summed E-state index contributed by atoms with van der Waals surface area (Å²) in [5.41, 5.74) is 0.0732. The van der Waals surface area contributed by atoms with Crippen molar-refractivity contribution in [1.82, 2.24) is 19.5 Å². The van der Waals surface area contributed by atoms with Crippen LogP contribution in [0.5, 0.6) is 0 Å². The summed E-state index contributed by atoms with van der Waals surface area (Å²) < 4.78 is 27.6. The minimum atomic E-state index is -3.67. The number of nitro groups is 1. The lowest BCUT2D eigenvalue weighted by Gasteiger charge is -2.34. The summed E-state index contributed by atoms with van der Waals surface area (Å²) in [6.45, 7) is 1.38. The first-order valence-corrected chi connectivity index (χ1v) is 11.1. The van der Waals surface area contributed by atoms with Gasteiger partial charge in [0.2, 0.25) is 0 Å². The molecule has 1 saturated heterocycles. The van der Waals surface area contributed by atoms with Crippen LogP contribution in [0.15, 0.2) is 51.6 Å². The van der Waals surface area contributed by atoms with Gasteiger partial charge in [-0.1, -0.05) is 0 Å². The molecular weight excluding hydrogens is 432 g/mol. The largest absolute Gasteiger partial charge is 0.354 e. The molecule has 11 nitrogen and oxygen atoms in total. The van der Waals surface area contributed by atoms with Crippen molar-refractivity contribution in [3.63, 3.8) is 0 Å². The molecule has 1 aliphatic heterocycles. The molecule has 4 heterocycles. The number of rotatable bonds is 5. The molecule has 156 valence electrons. The van der Waals surface area contributed by atoms with E-state index in [0.717, 1.165) is 11.3 Å². The molecule has 30 heavy (non-hydrogen) atoms. The highest BCUT2D eigenvalue weighted by Crippen LogP contribution is 2.31. The Morgan fingerprint density at radius 2 is 1.83 bits per heavy atom. The van der Waals surface area contributed by atoms with Crippen LogP contribution in [0.4, 0.5) is 11.5 Å². The lowest BCUT2D eigenvalue weighted by Crippen LogP contribution is -2.48. The Labute approximate surface area is 174 Å². The van der Waals surface area contributed by atoms with Crippen molar-refractivity contribution in [1.29, 1.82) is 0 Å². The van der Waals surface area contributed by atoms with E-state index >= 15 is 0 Å². The number of nitrogens with one attached hydrogen (secondary N) is 1. The predicted molar refractivity (Wildman–Crippen MR) is 110 cm³/mol. The van der Waals surface area contributed by atoms with Gasteiger partial charge in [0.15, 0.2) is 0 Å². The van der Waals surface area contributed by atoms with Gasteiger partial charge in [-0.3, -0.25) is 14.9 Å². The highest BCUT2D eigenvalue weighted by atomic mass is 32.2. The van der Waals surface area contributed by atoms with Crippen molar-refractivity contribution >= 4 is 32.9 Å². The van der Waals surface area contributed by atoms with Crippen molar-refractivity contribution < 1.29 is 13.3 Å². The molecule has 0 spiro atoms. The summed E-state index contributed by atoms with van der Waals surface area (Å²) in [6.07, 6.45) is 1.19. The Balaban J connectivity index is 1.45. The highest BCUT2D eigenvalue weighted by Gasteiger charge is 2.30. The van der Waals surface area contributed by atoms with Crippen molar-refractivity contribution in [2.45, 2.75) is 4.21 Å². The molecule has 0 saturated carbocycles. The molecule has 0 unspecified atom stereocenters. The average Bonchev–Trinajstić information content (AvgIpc) is 3.26. The molecule has 0 atom stereocenters. The maximum absolute atomic E-state index is 13.0. The van der Waals surface area contributed by atoms with Crippen LogP contribution in [0.3, 0.4) is 0 Å². The second-order valence-electron chi connectivity index (χ2n) is 6.45. The summed E-state index contributed by atoms with van der Waals surface area (Å²) in [5, 5.41) is 17.0. The van der Waals surface area contributed by atoms with Crippen LogP contribution in [0.25, 0.3) is 10.6 Å². The van der Waals surface area contributed by atoms with Crippen LogP contribution in [-0.4, -0.2) is 59.0 Å². The SMILES string of the molecule is O=c1ccc(-c2ccc(S(=O)(=O)N3CCN(c4ccc([N+](=O)[O-])cn4)CC3)s2)n[nH]1. The maximum atomic E-state index is 13.0. The third-order valence-electron chi connectivity index (χ3n) is 4.61. The minimum Gasteiger partial charge on any atom is -0.354 e. The third kappa shape index (κ3) is 3.94. The molecule has 1 N–H and O–H groups in total. The summed E-state index contributed by atoms with van der Waals surface area (Å²) in [7, 11) is -3.67. The number of piperazine rings is 1. The average molecular weight is 448 g/mol. The molecule has 0 radical (unpaired) electrons. The molecule has 3 aromatic heterocycles. The van der Waals surface area contributed by atoms with Crippen molar-refractivity contribution in [3.8, 4) is 10.6 Å². The zero-order chi connectivity index (χ0) is 21.3. The lowest BCUT2D eigenvalue weighted by atomic mass is 10.3. The number of aromatic amines is 1. The summed E-state index contributed by atoms with van der Waals surface area (Å²) in [4.78, 5) is 28.0. The zero-order valence-corrected chi connectivity index (χ0v) is 17.1. The number of anilines is 1. The Morgan fingerprint density at radius 1 is 1.07 bits per heavy atom. The molecule has 0 bridgehead atoms. The van der Waals surface area contributed by atoms with E-state index in [1.54, 1.807) is 12.1 Å². The second-order valence-corrected chi connectivity index (χ2v) is 9.70. The van der Waals surface area contributed by atoms with Gasteiger partial charge in [0, 0.05) is 38.3 Å². The van der Waals surface area contributed by atoms with E-state index < -0.39 is 14.9 Å². The molecule has 1 fully saturated rings. The number of hydrogen-bond donors (Lipinski definition) is 1. The van der Waals surface area contributed by atoms with Gasteiger partial charge in [0.25, 0.3) is 21.3 Å². The zero-order valence-electron chi connectivity index (χ0n) is 15.5. The van der Waals surface area contributed by atoms with Crippen molar-refractivity contribution in [3.05, 3.63) is 63.1 Å². The first-order valence-electron chi connectivity index (χ1n) is 8.86. The number of sulfonamides is 1. The van der Waals surface area contributed by atoms with Gasteiger partial charge in [0.05, 0.1) is 9.80 Å². The fraction of sp³-hybridized carbons (Fsp3) is 0.235. The molecule has 1 aliphatic rings. The number of pyridine rings is 1. The monoisotopic (exact) mass is 448 g/mol. The first-order chi connectivity index (χ1) is 14.3. The van der Waals surface area contributed by atoms with Crippen LogP contribution in [0.1, 0.15) is 0 Å². The molecule has 4 rings (SSSR count). The topological polar surface area (TPSA) is 142 Å². The van der Waals surface area contributed by atoms with E-state index in [0.29, 0.717) is 29.5 Å². The van der Waals surface area contributed by atoms with Crippen LogP contribution in [0.2, 0.25) is 0 Å². The van der Waals surface area contributed by atoms with Crippen LogP contribution in [-0.2, 0) is 10.0 Å². The van der Waals surface area contributed by atoms with Gasteiger partial charge in [-0.25, -0.2) is 18.5 Å². The second kappa shape index (κ2) is 7.93. The van der Waals surface area contributed by atoms with Gasteiger partial charge >= 0.3 is 0 Å². The van der Waals surface area contributed by atoms with Crippen molar-refractivity contribution in [2.24, 2.45) is 0 Å². The maximum Gasteiger partial charge on any atom is 0.287 e. The number of thiophene rings is 1. The van der Waals surface area contributed by atoms with E-state index in [4.69, 9.17) is 0 Å². The Morgan fingerprint density at radius 3 is 2.43 bits per heavy atom. The Hall–Kier alpha value is -3.16. The quantitative estimate of drug-likeness (QED) is 0.455. The van der Waals surface area contributed by atoms with Gasteiger partial charge in [-0.2, -0.15) is 9.40 Å². The van der Waals surface area contributed by atoms with Gasteiger partial charge in [-0.05, 0) is 24.3 Å². The molecular formula is C17H16N6O5S2. The molecule has 13 heteroatoms. The van der Waals surface area contributed by atoms with Gasteiger partial charge < -0.3 is 4.90 Å². The molecule has 0 amide bonds. The van der Waals surface area contributed by atoms with E-state index in [1.165, 1.54) is 34.8 Å². The minimum absolute atomic E-state index is 0.0922. The van der Waals surface area contributed by atoms with Crippen LogP contribution >= 0.6 is 11.3 Å². The number of H-pyrrole nitrogens is 1. The highest BCUT2D eigenvalue weighted by molar-refractivity contribution is 7.91. The predicted octanol–water partition coefficient (Wildman–Crippen LogP) is 1.31. The lowest BCUT2D eigenvalue weighted by molar-refractivity contribution is -0.385. The normalized spacial score (nSPS) is 15.3. The molecule has 0 aliphatic carbocycles. The number of aromatic nitrogens is 3. The number of hydrogen-bond acceptors (Lipinski definition) is 9. The van der Waals surface area contributed by atoms with Crippen LogP contribution < -0.4 is 10.5 Å². The summed E-state index contributed by atoms with van der Waals surface area (Å²) in [5.74, 6) is 0.570. The van der Waals surface area contributed by atoms with E-state index in [-0.39, 0.29) is 28.5 Å². The Bertz CT molecular complexity index is 1210. The summed E-state index contributed by atoms with van der Waals surface area (Å²) in [6, 6.07) is 9.01. The summed E-state index contributed by atoms with van der Waals surface area (Å²) >= 11 is 1.09. The van der Waals surface area contributed by atoms with E-state index in [9.17, 15) is 23.3 Å². The molecule has 3 aromatic rings. The van der Waals surface area contributed by atoms with Gasteiger partial charge in [-0.15, -0.1) is 11.3 Å². The van der Waals surface area contributed by atoms with E-state index in [2.05, 4.69) is 15.2 Å². The fourth-order valence-electron chi connectivity index (χ4n) is 3.04. The number of nitrogens with zero attached hydrogens (tertiary/aromatic N) is 5. The standard InChI is InChI=1S/C17H16N6O5S2/c24-16-5-2-13(19-20-16)14-3-6-17(29-14)30(27,28)22-9-7-21(8-10-22)15-4-1-12(11-18-15)23(25)26/h1-6,11H,7-10H2,(H,20,24). The molecule has 0 aromatic carbocycles. The van der Waals surface area contributed by atoms with Crippen molar-refractivity contribution in [2.75, 3.05) is 31.1 Å². The van der Waals surface area contributed by atoms with Gasteiger partial charge in [0.1, 0.15) is 21.9 Å². The fourth-order valence-corrected chi connectivity index (χ4v) is 5.89. The van der Waals surface area contributed by atoms with Crippen LogP contribution in [0, 0.1) is 10.1 Å².